The van der Waals surface area contributed by atoms with Crippen LogP contribution in [0.4, 0.5) is 0 Å². The Kier molecular flexibility index (Phi) is 9.11. The quantitative estimate of drug-likeness (QED) is 0.515. The third kappa shape index (κ3) is 7.59. The molecule has 2 atom stereocenters. The number of rotatable bonds is 9. The number of nitrogens with zero attached hydrogens (tertiary/aromatic N) is 2. The van der Waals surface area contributed by atoms with E-state index >= 15 is 0 Å². The predicted molar refractivity (Wildman–Crippen MR) is 110 cm³/mol. The number of guanidine groups is 1. The first-order valence-electron chi connectivity index (χ1n) is 9.99. The highest BCUT2D eigenvalue weighted by Gasteiger charge is 2.25. The SMILES string of the molecule is CCC(C)NC(=O)CCNC(=NC)N1CCC(COCc2ccccc2)C1. The smallest absolute Gasteiger partial charge is 0.221 e. The Hall–Kier alpha value is -2.08. The van der Waals surface area contributed by atoms with Gasteiger partial charge in [-0.3, -0.25) is 9.79 Å². The molecule has 1 fully saturated rings. The van der Waals surface area contributed by atoms with E-state index in [0.717, 1.165) is 38.5 Å². The lowest BCUT2D eigenvalue weighted by Gasteiger charge is -2.22. The molecule has 2 rings (SSSR count). The van der Waals surface area contributed by atoms with Crippen molar-refractivity contribution in [2.75, 3.05) is 33.3 Å². The molecular formula is C21H34N4O2. The minimum absolute atomic E-state index is 0.0842. The monoisotopic (exact) mass is 374 g/mol. The van der Waals surface area contributed by atoms with E-state index < -0.39 is 0 Å². The number of hydrogen-bond acceptors (Lipinski definition) is 3. The highest BCUT2D eigenvalue weighted by Crippen LogP contribution is 2.17. The number of ether oxygens (including phenoxy) is 1. The van der Waals surface area contributed by atoms with Gasteiger partial charge in [-0.1, -0.05) is 37.3 Å². The van der Waals surface area contributed by atoms with Crippen LogP contribution < -0.4 is 10.6 Å². The number of benzene rings is 1. The Bertz CT molecular complexity index is 591. The number of nitrogens with one attached hydrogen (secondary N) is 2. The molecule has 1 saturated heterocycles. The fourth-order valence-corrected chi connectivity index (χ4v) is 3.15. The van der Waals surface area contributed by atoms with Gasteiger partial charge in [-0.2, -0.15) is 0 Å². The maximum atomic E-state index is 11.9. The number of amides is 1. The molecule has 1 aliphatic rings. The first-order valence-corrected chi connectivity index (χ1v) is 9.99. The molecule has 0 spiro atoms. The van der Waals surface area contributed by atoms with Gasteiger partial charge in [0.25, 0.3) is 0 Å². The van der Waals surface area contributed by atoms with Crippen molar-refractivity contribution in [2.24, 2.45) is 10.9 Å². The zero-order valence-corrected chi connectivity index (χ0v) is 16.9. The number of carbonyl (C=O) groups excluding carboxylic acids is 1. The van der Waals surface area contributed by atoms with Gasteiger partial charge in [0, 0.05) is 45.1 Å². The Morgan fingerprint density at radius 3 is 2.85 bits per heavy atom. The number of carbonyl (C=O) groups is 1. The van der Waals surface area contributed by atoms with Crippen LogP contribution in [0.5, 0.6) is 0 Å². The summed E-state index contributed by atoms with van der Waals surface area (Å²) in [4.78, 5) is 18.5. The average molecular weight is 375 g/mol. The molecule has 150 valence electrons. The third-order valence-electron chi connectivity index (χ3n) is 4.92. The molecular weight excluding hydrogens is 340 g/mol. The topological polar surface area (TPSA) is 66.0 Å². The van der Waals surface area contributed by atoms with E-state index in [2.05, 4.69) is 39.6 Å². The summed E-state index contributed by atoms with van der Waals surface area (Å²) in [6.07, 6.45) is 2.51. The molecule has 6 nitrogen and oxygen atoms in total. The van der Waals surface area contributed by atoms with Gasteiger partial charge in [-0.15, -0.1) is 0 Å². The van der Waals surface area contributed by atoms with Gasteiger partial charge in [0.1, 0.15) is 0 Å². The number of hydrogen-bond donors (Lipinski definition) is 2. The van der Waals surface area contributed by atoms with Crippen molar-refractivity contribution in [2.45, 2.75) is 45.8 Å². The van der Waals surface area contributed by atoms with Crippen LogP contribution in [0.15, 0.2) is 35.3 Å². The van der Waals surface area contributed by atoms with Crippen molar-refractivity contribution in [1.82, 2.24) is 15.5 Å². The molecule has 2 unspecified atom stereocenters. The van der Waals surface area contributed by atoms with E-state index in [4.69, 9.17) is 4.74 Å². The zero-order valence-electron chi connectivity index (χ0n) is 16.9. The Balaban J connectivity index is 1.65. The van der Waals surface area contributed by atoms with E-state index in [0.29, 0.717) is 25.5 Å². The summed E-state index contributed by atoms with van der Waals surface area (Å²) in [5.41, 5.74) is 1.21. The Morgan fingerprint density at radius 1 is 1.37 bits per heavy atom. The van der Waals surface area contributed by atoms with Crippen LogP contribution in [0.2, 0.25) is 0 Å². The van der Waals surface area contributed by atoms with Gasteiger partial charge in [0.2, 0.25) is 5.91 Å². The van der Waals surface area contributed by atoms with E-state index in [1.165, 1.54) is 5.56 Å². The standard InChI is InChI=1S/C21H34N4O2/c1-4-17(2)24-20(26)10-12-23-21(22-3)25-13-11-19(14-25)16-27-15-18-8-6-5-7-9-18/h5-9,17,19H,4,10-16H2,1-3H3,(H,22,23)(H,24,26). The molecule has 0 aromatic heterocycles. The molecule has 0 bridgehead atoms. The van der Waals surface area contributed by atoms with Crippen LogP contribution in [-0.4, -0.2) is 56.1 Å². The molecule has 1 aliphatic heterocycles. The minimum atomic E-state index is 0.0842. The number of aliphatic imine (C=N–C) groups is 1. The maximum Gasteiger partial charge on any atom is 0.221 e. The van der Waals surface area contributed by atoms with Crippen LogP contribution in [0.3, 0.4) is 0 Å². The van der Waals surface area contributed by atoms with Crippen molar-refractivity contribution >= 4 is 11.9 Å². The van der Waals surface area contributed by atoms with Gasteiger partial charge in [0.15, 0.2) is 5.96 Å². The second-order valence-corrected chi connectivity index (χ2v) is 7.20. The molecule has 1 heterocycles. The van der Waals surface area contributed by atoms with Crippen molar-refractivity contribution in [1.29, 1.82) is 0 Å². The van der Waals surface area contributed by atoms with Gasteiger partial charge >= 0.3 is 0 Å². The normalized spacial score (nSPS) is 18.4. The Labute approximate surface area is 163 Å². The fraction of sp³-hybridized carbons (Fsp3) is 0.619. The van der Waals surface area contributed by atoms with Gasteiger partial charge < -0.3 is 20.3 Å². The lowest BCUT2D eigenvalue weighted by atomic mass is 10.1. The molecule has 0 aliphatic carbocycles. The summed E-state index contributed by atoms with van der Waals surface area (Å²) in [5.74, 6) is 1.47. The average Bonchev–Trinajstić information content (AvgIpc) is 3.14. The fourth-order valence-electron chi connectivity index (χ4n) is 3.15. The molecule has 0 radical (unpaired) electrons. The second-order valence-electron chi connectivity index (χ2n) is 7.20. The van der Waals surface area contributed by atoms with E-state index in [9.17, 15) is 4.79 Å². The van der Waals surface area contributed by atoms with E-state index in [1.807, 2.05) is 25.1 Å². The molecule has 1 aromatic carbocycles. The van der Waals surface area contributed by atoms with Gasteiger partial charge in [-0.25, -0.2) is 0 Å². The summed E-state index contributed by atoms with van der Waals surface area (Å²) in [6, 6.07) is 10.5. The molecule has 6 heteroatoms. The summed E-state index contributed by atoms with van der Waals surface area (Å²) in [6.45, 7) is 8.02. The molecule has 1 amide bonds. The predicted octanol–water partition coefficient (Wildman–Crippen LogP) is 2.41. The Morgan fingerprint density at radius 2 is 2.15 bits per heavy atom. The lowest BCUT2D eigenvalue weighted by Crippen LogP contribution is -2.42. The molecule has 27 heavy (non-hydrogen) atoms. The lowest BCUT2D eigenvalue weighted by molar-refractivity contribution is -0.121. The third-order valence-corrected chi connectivity index (χ3v) is 4.92. The second kappa shape index (κ2) is 11.6. The van der Waals surface area contributed by atoms with E-state index in [-0.39, 0.29) is 11.9 Å². The number of likely N-dealkylation sites (tertiary alicyclic amines) is 1. The van der Waals surface area contributed by atoms with Crippen LogP contribution >= 0.6 is 0 Å². The molecule has 2 N–H and O–H groups in total. The minimum Gasteiger partial charge on any atom is -0.376 e. The molecule has 0 saturated carbocycles. The summed E-state index contributed by atoms with van der Waals surface area (Å²) in [7, 11) is 1.79. The summed E-state index contributed by atoms with van der Waals surface area (Å²) >= 11 is 0. The highest BCUT2D eigenvalue weighted by molar-refractivity contribution is 5.81. The van der Waals surface area contributed by atoms with E-state index in [1.54, 1.807) is 7.05 Å². The summed E-state index contributed by atoms with van der Waals surface area (Å²) < 4.78 is 5.89. The first kappa shape index (κ1) is 21.2. The van der Waals surface area contributed by atoms with Gasteiger partial charge in [-0.05, 0) is 25.3 Å². The highest BCUT2D eigenvalue weighted by atomic mass is 16.5. The molecule has 1 aromatic rings. The van der Waals surface area contributed by atoms with Crippen molar-refractivity contribution in [3.8, 4) is 0 Å². The first-order chi connectivity index (χ1) is 13.1. The van der Waals surface area contributed by atoms with Crippen LogP contribution in [0.25, 0.3) is 0 Å². The van der Waals surface area contributed by atoms with Crippen LogP contribution in [0, 0.1) is 5.92 Å². The zero-order chi connectivity index (χ0) is 19.5. The van der Waals surface area contributed by atoms with Crippen molar-refractivity contribution in [3.05, 3.63) is 35.9 Å². The largest absolute Gasteiger partial charge is 0.376 e. The van der Waals surface area contributed by atoms with Crippen molar-refractivity contribution in [3.63, 3.8) is 0 Å². The van der Waals surface area contributed by atoms with Gasteiger partial charge in [0.05, 0.1) is 13.2 Å². The maximum absolute atomic E-state index is 11.9. The van der Waals surface area contributed by atoms with Crippen molar-refractivity contribution < 1.29 is 9.53 Å². The summed E-state index contributed by atoms with van der Waals surface area (Å²) in [5, 5.41) is 6.30. The van der Waals surface area contributed by atoms with Crippen LogP contribution in [0.1, 0.15) is 38.7 Å². The van der Waals surface area contributed by atoms with Crippen LogP contribution in [-0.2, 0) is 16.1 Å².